The second-order valence-corrected chi connectivity index (χ2v) is 15.7. The van der Waals surface area contributed by atoms with Gasteiger partial charge in [-0.3, -0.25) is 0 Å². The monoisotopic (exact) mass is 695 g/mol. The van der Waals surface area contributed by atoms with E-state index in [0.717, 1.165) is 39.7 Å². The van der Waals surface area contributed by atoms with Crippen molar-refractivity contribution in [2.45, 2.75) is 38.5 Å². The molecule has 0 fully saturated rings. The SMILES string of the molecule is CC1(C)c2ccccc2-c2ccc(N(c3ccc4c(c3)C(C)(C)c3c(-c5ccccc5)oc(-c5ccccc5)c3-4)c3ccccc3-c3ccccc3)cc21. The quantitative estimate of drug-likeness (QED) is 0.172. The van der Waals surface area contributed by atoms with Crippen molar-refractivity contribution in [3.8, 4) is 56.0 Å². The molecule has 1 heterocycles. The van der Waals surface area contributed by atoms with Crippen molar-refractivity contribution in [3.05, 3.63) is 198 Å². The molecule has 0 saturated heterocycles. The molecule has 0 saturated carbocycles. The van der Waals surface area contributed by atoms with Gasteiger partial charge in [-0.05, 0) is 69.3 Å². The number of anilines is 3. The number of hydrogen-bond donors (Lipinski definition) is 0. The second-order valence-electron chi connectivity index (χ2n) is 15.7. The van der Waals surface area contributed by atoms with E-state index in [9.17, 15) is 0 Å². The molecule has 10 rings (SSSR count). The van der Waals surface area contributed by atoms with Crippen LogP contribution >= 0.6 is 0 Å². The molecular weight excluding hydrogens is 655 g/mol. The molecule has 0 aliphatic heterocycles. The summed E-state index contributed by atoms with van der Waals surface area (Å²) in [5.41, 5.74) is 17.9. The van der Waals surface area contributed by atoms with Gasteiger partial charge in [0.25, 0.3) is 0 Å². The first-order chi connectivity index (χ1) is 26.3. The molecule has 0 atom stereocenters. The predicted molar refractivity (Wildman–Crippen MR) is 225 cm³/mol. The molecule has 260 valence electrons. The van der Waals surface area contributed by atoms with Gasteiger partial charge in [-0.1, -0.05) is 173 Å². The van der Waals surface area contributed by atoms with Gasteiger partial charge in [0.2, 0.25) is 0 Å². The van der Waals surface area contributed by atoms with Crippen LogP contribution < -0.4 is 4.90 Å². The van der Waals surface area contributed by atoms with E-state index in [0.29, 0.717) is 0 Å². The molecule has 2 aliphatic carbocycles. The summed E-state index contributed by atoms with van der Waals surface area (Å²) in [7, 11) is 0. The molecule has 0 radical (unpaired) electrons. The van der Waals surface area contributed by atoms with Crippen molar-refractivity contribution in [2.75, 3.05) is 4.90 Å². The van der Waals surface area contributed by atoms with Gasteiger partial charge < -0.3 is 9.32 Å². The molecule has 1 aromatic heterocycles. The van der Waals surface area contributed by atoms with Gasteiger partial charge in [0, 0.05) is 50.0 Å². The Morgan fingerprint density at radius 2 is 0.870 bits per heavy atom. The van der Waals surface area contributed by atoms with Gasteiger partial charge in [0.05, 0.1) is 5.69 Å². The highest BCUT2D eigenvalue weighted by atomic mass is 16.3. The molecule has 7 aromatic carbocycles. The summed E-state index contributed by atoms with van der Waals surface area (Å²) < 4.78 is 6.91. The Hall–Kier alpha value is -6.38. The highest BCUT2D eigenvalue weighted by molar-refractivity contribution is 5.97. The molecule has 2 aliphatic rings. The van der Waals surface area contributed by atoms with E-state index in [4.69, 9.17) is 4.42 Å². The van der Waals surface area contributed by atoms with Crippen LogP contribution in [0.3, 0.4) is 0 Å². The van der Waals surface area contributed by atoms with Gasteiger partial charge in [-0.25, -0.2) is 0 Å². The minimum atomic E-state index is -0.325. The molecular formula is C52H41NO. The van der Waals surface area contributed by atoms with Crippen LogP contribution in [0.2, 0.25) is 0 Å². The van der Waals surface area contributed by atoms with Crippen LogP contribution in [-0.2, 0) is 10.8 Å². The highest BCUT2D eigenvalue weighted by Gasteiger charge is 2.43. The van der Waals surface area contributed by atoms with Crippen molar-refractivity contribution in [3.63, 3.8) is 0 Å². The van der Waals surface area contributed by atoms with E-state index >= 15 is 0 Å². The number of benzene rings is 7. The van der Waals surface area contributed by atoms with Crippen LogP contribution in [0.4, 0.5) is 17.1 Å². The maximum atomic E-state index is 6.91. The van der Waals surface area contributed by atoms with E-state index in [2.05, 4.69) is 209 Å². The summed E-state index contributed by atoms with van der Waals surface area (Å²) >= 11 is 0. The van der Waals surface area contributed by atoms with E-state index in [1.54, 1.807) is 0 Å². The third-order valence-corrected chi connectivity index (χ3v) is 11.9. The van der Waals surface area contributed by atoms with Crippen molar-refractivity contribution in [1.82, 2.24) is 0 Å². The summed E-state index contributed by atoms with van der Waals surface area (Å²) in [5.74, 6) is 1.87. The highest BCUT2D eigenvalue weighted by Crippen LogP contribution is 2.59. The fraction of sp³-hybridized carbons (Fsp3) is 0.115. The van der Waals surface area contributed by atoms with E-state index < -0.39 is 0 Å². The first kappa shape index (κ1) is 32.3. The lowest BCUT2D eigenvalue weighted by atomic mass is 9.81. The Bertz CT molecular complexity index is 2700. The maximum Gasteiger partial charge on any atom is 0.142 e. The van der Waals surface area contributed by atoms with E-state index in [-0.39, 0.29) is 10.8 Å². The Labute approximate surface area is 318 Å². The van der Waals surface area contributed by atoms with Crippen molar-refractivity contribution in [1.29, 1.82) is 0 Å². The Morgan fingerprint density at radius 3 is 1.52 bits per heavy atom. The molecule has 2 heteroatoms. The van der Waals surface area contributed by atoms with Gasteiger partial charge in [0.15, 0.2) is 0 Å². The van der Waals surface area contributed by atoms with E-state index in [1.165, 1.54) is 55.6 Å². The number of hydrogen-bond acceptors (Lipinski definition) is 2. The van der Waals surface area contributed by atoms with Crippen LogP contribution in [0.1, 0.15) is 49.9 Å². The lowest BCUT2D eigenvalue weighted by molar-refractivity contribution is 0.575. The average Bonchev–Trinajstić information content (AvgIpc) is 3.81. The molecule has 0 amide bonds. The molecule has 54 heavy (non-hydrogen) atoms. The first-order valence-corrected chi connectivity index (χ1v) is 18.9. The van der Waals surface area contributed by atoms with Crippen LogP contribution in [0.15, 0.2) is 180 Å². The lowest BCUT2D eigenvalue weighted by Gasteiger charge is -2.31. The standard InChI is InChI=1S/C52H41NO/c1-51(2)43-26-16-14-25-40(43)41-30-28-37(32-44(41)51)53(46-27-17-15-24-39(46)34-18-8-5-9-19-34)38-29-31-42-45(33-38)52(3,4)48-47(42)49(35-20-10-6-11-21-35)54-50(48)36-22-12-7-13-23-36/h5-33H,1-4H3. The summed E-state index contributed by atoms with van der Waals surface area (Å²) in [5, 5.41) is 0. The average molecular weight is 696 g/mol. The summed E-state index contributed by atoms with van der Waals surface area (Å²) in [6, 6.07) is 63.8. The topological polar surface area (TPSA) is 16.4 Å². The van der Waals surface area contributed by atoms with E-state index in [1.807, 2.05) is 0 Å². The minimum Gasteiger partial charge on any atom is -0.455 e. The normalized spacial score (nSPS) is 14.2. The molecule has 8 aromatic rings. The number of fused-ring (bicyclic) bond motifs is 6. The zero-order valence-electron chi connectivity index (χ0n) is 31.1. The molecule has 0 spiro atoms. The fourth-order valence-corrected chi connectivity index (χ4v) is 9.20. The van der Waals surface area contributed by atoms with Gasteiger partial charge >= 0.3 is 0 Å². The van der Waals surface area contributed by atoms with Gasteiger partial charge in [-0.15, -0.1) is 0 Å². The van der Waals surface area contributed by atoms with Crippen molar-refractivity contribution in [2.24, 2.45) is 0 Å². The van der Waals surface area contributed by atoms with Crippen LogP contribution in [0, 0.1) is 0 Å². The Morgan fingerprint density at radius 1 is 0.389 bits per heavy atom. The van der Waals surface area contributed by atoms with Crippen molar-refractivity contribution < 1.29 is 4.42 Å². The molecule has 2 nitrogen and oxygen atoms in total. The number of para-hydroxylation sites is 1. The Kier molecular flexibility index (Phi) is 7.22. The minimum absolute atomic E-state index is 0.120. The molecule has 0 N–H and O–H groups in total. The second kappa shape index (κ2) is 12.1. The largest absolute Gasteiger partial charge is 0.455 e. The van der Waals surface area contributed by atoms with Gasteiger partial charge in [-0.2, -0.15) is 0 Å². The molecule has 0 bridgehead atoms. The van der Waals surface area contributed by atoms with Crippen LogP contribution in [-0.4, -0.2) is 0 Å². The zero-order valence-corrected chi connectivity index (χ0v) is 31.1. The number of furan rings is 1. The number of nitrogens with zero attached hydrogens (tertiary/aromatic N) is 1. The lowest BCUT2D eigenvalue weighted by Crippen LogP contribution is -2.18. The predicted octanol–water partition coefficient (Wildman–Crippen LogP) is 14.4. The summed E-state index contributed by atoms with van der Waals surface area (Å²) in [6.45, 7) is 9.43. The zero-order chi connectivity index (χ0) is 36.6. The Balaban J connectivity index is 1.20. The fourth-order valence-electron chi connectivity index (χ4n) is 9.20. The first-order valence-electron chi connectivity index (χ1n) is 18.9. The smallest absolute Gasteiger partial charge is 0.142 e. The van der Waals surface area contributed by atoms with Crippen LogP contribution in [0.5, 0.6) is 0 Å². The summed E-state index contributed by atoms with van der Waals surface area (Å²) in [6.07, 6.45) is 0. The van der Waals surface area contributed by atoms with Crippen LogP contribution in [0.25, 0.3) is 56.0 Å². The number of rotatable bonds is 6. The molecule has 0 unspecified atom stereocenters. The maximum absolute atomic E-state index is 6.91. The summed E-state index contributed by atoms with van der Waals surface area (Å²) in [4.78, 5) is 2.47. The van der Waals surface area contributed by atoms with Crippen molar-refractivity contribution >= 4 is 17.1 Å². The third kappa shape index (κ3) is 4.80. The third-order valence-electron chi connectivity index (χ3n) is 11.9. The van der Waals surface area contributed by atoms with Gasteiger partial charge in [0.1, 0.15) is 11.5 Å².